The number of aromatic nitrogens is 5. The number of esters is 2. The fourth-order valence-electron chi connectivity index (χ4n) is 6.56. The van der Waals surface area contributed by atoms with Gasteiger partial charge in [0.25, 0.3) is 11.8 Å². The number of amides is 2. The van der Waals surface area contributed by atoms with Crippen LogP contribution in [0, 0.1) is 18.8 Å². The number of nitrogens with two attached hydrogens (primary N) is 2. The van der Waals surface area contributed by atoms with Gasteiger partial charge in [0.15, 0.2) is 5.69 Å². The van der Waals surface area contributed by atoms with Crippen molar-refractivity contribution in [2.45, 2.75) is 45.7 Å². The van der Waals surface area contributed by atoms with Crippen LogP contribution >= 0.6 is 11.3 Å². The van der Waals surface area contributed by atoms with Crippen LogP contribution < -0.4 is 22.1 Å². The van der Waals surface area contributed by atoms with Crippen molar-refractivity contribution in [2.75, 3.05) is 14.2 Å². The van der Waals surface area contributed by atoms with Gasteiger partial charge in [0, 0.05) is 41.4 Å². The molecule has 0 saturated heterocycles. The second-order valence-electron chi connectivity index (χ2n) is 14.7. The van der Waals surface area contributed by atoms with Gasteiger partial charge in [0.2, 0.25) is 0 Å². The summed E-state index contributed by atoms with van der Waals surface area (Å²) >= 11 is 1.27. The molecule has 16 heteroatoms. The molecule has 4 atom stereocenters. The average Bonchev–Trinajstić information content (AvgIpc) is 3.96. The number of rotatable bonds is 16. The number of ether oxygens (including phenoxy) is 2. The standard InChI is InChI=1S/C24H27N5O3.C23H24N4O3S/c1-15(25)19-10-8-9-18(13-19)14-21(24(31)32-4)16(2)26-23(30)22-17(3)27-29(28-22)20-11-6-5-7-12-20;1-14(24)17-7-4-6-16(10-17)11-19(23(29)30-3)15(2)27-21(28)20-13-26-22(31-20)18-8-5-9-25-12-18/h5-13,16,21H,1,14,25H2,2-4H3,(H,26,30);4-10,12-13,15,19H,1,11,24H2,2-3H3,(H,27,28). The first kappa shape index (κ1) is 46.6. The highest BCUT2D eigenvalue weighted by Gasteiger charge is 2.30. The summed E-state index contributed by atoms with van der Waals surface area (Å²) in [6.45, 7) is 12.8. The number of nitrogens with zero attached hydrogens (tertiary/aromatic N) is 5. The zero-order chi connectivity index (χ0) is 45.6. The first-order valence-corrected chi connectivity index (χ1v) is 20.7. The molecular weight excluding hydrogens is 819 g/mol. The quantitative estimate of drug-likeness (QED) is 0.0831. The molecule has 3 aromatic carbocycles. The van der Waals surface area contributed by atoms with E-state index < -0.39 is 41.8 Å². The summed E-state index contributed by atoms with van der Waals surface area (Å²) in [5.74, 6) is -2.69. The van der Waals surface area contributed by atoms with E-state index in [9.17, 15) is 19.2 Å². The van der Waals surface area contributed by atoms with E-state index in [0.29, 0.717) is 39.8 Å². The van der Waals surface area contributed by atoms with E-state index in [0.717, 1.165) is 33.5 Å². The third-order valence-corrected chi connectivity index (χ3v) is 11.1. The number of benzene rings is 3. The normalized spacial score (nSPS) is 12.6. The summed E-state index contributed by atoms with van der Waals surface area (Å²) in [5, 5.41) is 15.1. The van der Waals surface area contributed by atoms with Gasteiger partial charge in [-0.2, -0.15) is 9.90 Å². The van der Waals surface area contributed by atoms with Gasteiger partial charge in [-0.05, 0) is 92.3 Å². The third kappa shape index (κ3) is 12.5. The number of hydrogen-bond acceptors (Lipinski definition) is 13. The molecule has 0 spiro atoms. The minimum absolute atomic E-state index is 0.200. The molecule has 63 heavy (non-hydrogen) atoms. The summed E-state index contributed by atoms with van der Waals surface area (Å²) < 4.78 is 9.98. The SMILES string of the molecule is C=C(N)c1cccc(CC(C(=O)OC)C(C)NC(=O)c2cnc(-c3cccnc3)s2)c1.C=C(N)c1cccc(CC(C(=O)OC)C(C)NC(=O)c2nn(-c3ccccc3)nc2C)c1. The molecule has 6 N–H and O–H groups in total. The summed E-state index contributed by atoms with van der Waals surface area (Å²) in [5.41, 5.74) is 18.1. The predicted octanol–water partition coefficient (Wildman–Crippen LogP) is 5.94. The van der Waals surface area contributed by atoms with Gasteiger partial charge in [-0.1, -0.05) is 67.8 Å². The average molecular weight is 870 g/mol. The van der Waals surface area contributed by atoms with E-state index in [-0.39, 0.29) is 11.6 Å². The summed E-state index contributed by atoms with van der Waals surface area (Å²) in [6.07, 6.45) is 5.65. The Morgan fingerprint density at radius 1 is 0.730 bits per heavy atom. The minimum Gasteiger partial charge on any atom is -0.469 e. The predicted molar refractivity (Wildman–Crippen MR) is 243 cm³/mol. The van der Waals surface area contributed by atoms with Gasteiger partial charge in [0.1, 0.15) is 9.88 Å². The summed E-state index contributed by atoms with van der Waals surface area (Å²) in [6, 6.07) is 27.0. The first-order chi connectivity index (χ1) is 30.2. The topological polar surface area (TPSA) is 219 Å². The first-order valence-electron chi connectivity index (χ1n) is 19.9. The minimum atomic E-state index is -0.602. The largest absolute Gasteiger partial charge is 0.469 e. The van der Waals surface area contributed by atoms with Gasteiger partial charge in [-0.15, -0.1) is 16.4 Å². The molecule has 0 saturated carbocycles. The van der Waals surface area contributed by atoms with Gasteiger partial charge < -0.3 is 31.6 Å². The lowest BCUT2D eigenvalue weighted by Gasteiger charge is -2.23. The van der Waals surface area contributed by atoms with Crippen LogP contribution in [0.25, 0.3) is 27.7 Å². The van der Waals surface area contributed by atoms with Gasteiger partial charge >= 0.3 is 11.9 Å². The number of carbonyl (C=O) groups excluding carboxylic acids is 4. The Balaban J connectivity index is 0.000000238. The van der Waals surface area contributed by atoms with Gasteiger partial charge in [0.05, 0.1) is 43.6 Å². The van der Waals surface area contributed by atoms with E-state index in [1.54, 1.807) is 33.2 Å². The highest BCUT2D eigenvalue weighted by molar-refractivity contribution is 7.16. The van der Waals surface area contributed by atoms with Crippen LogP contribution in [0.5, 0.6) is 0 Å². The van der Waals surface area contributed by atoms with Crippen LogP contribution in [-0.2, 0) is 31.9 Å². The number of hydrogen-bond donors (Lipinski definition) is 4. The van der Waals surface area contributed by atoms with Crippen LogP contribution in [0.15, 0.2) is 123 Å². The lowest BCUT2D eigenvalue weighted by atomic mass is 9.92. The van der Waals surface area contributed by atoms with Gasteiger partial charge in [-0.3, -0.25) is 24.2 Å². The molecule has 326 valence electrons. The van der Waals surface area contributed by atoms with Gasteiger partial charge in [-0.25, -0.2) is 4.98 Å². The van der Waals surface area contributed by atoms with Crippen LogP contribution in [0.2, 0.25) is 0 Å². The molecule has 15 nitrogen and oxygen atoms in total. The summed E-state index contributed by atoms with van der Waals surface area (Å²) in [7, 11) is 2.67. The van der Waals surface area contributed by atoms with Crippen LogP contribution in [-0.4, -0.2) is 75.0 Å². The van der Waals surface area contributed by atoms with E-state index in [2.05, 4.69) is 44.0 Å². The molecule has 4 unspecified atom stereocenters. The molecule has 3 aromatic heterocycles. The summed E-state index contributed by atoms with van der Waals surface area (Å²) in [4.78, 5) is 60.9. The molecule has 3 heterocycles. The Hall–Kier alpha value is -7.46. The van der Waals surface area contributed by atoms with E-state index in [1.165, 1.54) is 36.5 Å². The van der Waals surface area contributed by atoms with Crippen molar-refractivity contribution in [1.82, 2.24) is 35.6 Å². The maximum absolute atomic E-state index is 12.9. The zero-order valence-electron chi connectivity index (χ0n) is 35.8. The molecule has 6 rings (SSSR count). The molecule has 0 aliphatic rings. The molecule has 0 bridgehead atoms. The Morgan fingerprint density at radius 2 is 1.29 bits per heavy atom. The molecule has 2 amide bonds. The Kier molecular flexibility index (Phi) is 16.2. The number of nitrogens with one attached hydrogen (secondary N) is 2. The number of thiazole rings is 1. The molecular formula is C47H51N9O6S. The third-order valence-electron chi connectivity index (χ3n) is 10.1. The highest BCUT2D eigenvalue weighted by atomic mass is 32.1. The maximum atomic E-state index is 12.9. The monoisotopic (exact) mass is 869 g/mol. The Labute approximate surface area is 370 Å². The van der Waals surface area contributed by atoms with Crippen LogP contribution in [0.1, 0.15) is 62.0 Å². The van der Waals surface area contributed by atoms with Crippen LogP contribution in [0.4, 0.5) is 0 Å². The van der Waals surface area contributed by atoms with Crippen molar-refractivity contribution in [3.63, 3.8) is 0 Å². The van der Waals surface area contributed by atoms with Crippen molar-refractivity contribution < 1.29 is 28.7 Å². The smallest absolute Gasteiger partial charge is 0.311 e. The van der Waals surface area contributed by atoms with E-state index >= 15 is 0 Å². The lowest BCUT2D eigenvalue weighted by molar-refractivity contribution is -0.147. The molecule has 0 aliphatic heterocycles. The lowest BCUT2D eigenvalue weighted by Crippen LogP contribution is -2.43. The van der Waals surface area contributed by atoms with Crippen molar-refractivity contribution >= 4 is 46.5 Å². The molecule has 0 fully saturated rings. The second-order valence-corrected chi connectivity index (χ2v) is 15.7. The molecule has 0 aliphatic carbocycles. The number of para-hydroxylation sites is 1. The maximum Gasteiger partial charge on any atom is 0.311 e. The molecule has 0 radical (unpaired) electrons. The van der Waals surface area contributed by atoms with Crippen molar-refractivity contribution in [1.29, 1.82) is 0 Å². The van der Waals surface area contributed by atoms with Crippen LogP contribution in [0.3, 0.4) is 0 Å². The highest BCUT2D eigenvalue weighted by Crippen LogP contribution is 2.25. The second kappa shape index (κ2) is 21.9. The zero-order valence-corrected chi connectivity index (χ0v) is 36.6. The van der Waals surface area contributed by atoms with Crippen molar-refractivity contribution in [2.24, 2.45) is 23.3 Å². The fraction of sp³-hybridized carbons (Fsp3) is 0.234. The Bertz CT molecular complexity index is 2560. The number of aryl methyl sites for hydroxylation is 1. The van der Waals surface area contributed by atoms with Crippen molar-refractivity contribution in [3.8, 4) is 16.3 Å². The number of methoxy groups -OCH3 is 2. The van der Waals surface area contributed by atoms with E-state index in [4.69, 9.17) is 20.9 Å². The number of pyridine rings is 1. The fourth-order valence-corrected chi connectivity index (χ4v) is 7.37. The number of carbonyl (C=O) groups is 4. The van der Waals surface area contributed by atoms with Crippen molar-refractivity contribution in [3.05, 3.63) is 161 Å². The van der Waals surface area contributed by atoms with E-state index in [1.807, 2.05) is 91.0 Å². The Morgan fingerprint density at radius 3 is 1.79 bits per heavy atom. The molecule has 6 aromatic rings.